The highest BCUT2D eigenvalue weighted by atomic mass is 32.2. The van der Waals surface area contributed by atoms with Crippen molar-refractivity contribution in [2.24, 2.45) is 5.10 Å². The third-order valence-electron chi connectivity index (χ3n) is 5.79. The van der Waals surface area contributed by atoms with Crippen LogP contribution in [0.25, 0.3) is 21.5 Å². The van der Waals surface area contributed by atoms with Crippen molar-refractivity contribution in [3.8, 4) is 0 Å². The summed E-state index contributed by atoms with van der Waals surface area (Å²) in [6.07, 6.45) is 0.999. The summed E-state index contributed by atoms with van der Waals surface area (Å²) in [6.45, 7) is 0. The van der Waals surface area contributed by atoms with E-state index in [1.165, 1.54) is 7.11 Å². The highest BCUT2D eigenvalue weighted by Crippen LogP contribution is 2.30. The maximum Gasteiger partial charge on any atom is 0.331 e. The number of carbonyl (C=O) groups excluding carboxylic acids is 4. The fourth-order valence-electron chi connectivity index (χ4n) is 3.98. The summed E-state index contributed by atoms with van der Waals surface area (Å²) in [5.74, 6) is -2.52. The molecule has 188 valence electrons. The Hall–Kier alpha value is -4.96. The summed E-state index contributed by atoms with van der Waals surface area (Å²) in [5, 5.41) is 8.11. The van der Waals surface area contributed by atoms with E-state index in [1.54, 1.807) is 30.3 Å². The van der Waals surface area contributed by atoms with Crippen LogP contribution in [0.5, 0.6) is 0 Å². The van der Waals surface area contributed by atoms with Crippen molar-refractivity contribution in [3.05, 3.63) is 107 Å². The van der Waals surface area contributed by atoms with Gasteiger partial charge in [-0.15, -0.1) is 5.10 Å². The van der Waals surface area contributed by atoms with E-state index in [1.807, 2.05) is 54.6 Å². The van der Waals surface area contributed by atoms with Crippen molar-refractivity contribution in [2.75, 3.05) is 7.11 Å². The van der Waals surface area contributed by atoms with Gasteiger partial charge in [-0.05, 0) is 45.4 Å². The summed E-state index contributed by atoms with van der Waals surface area (Å²) < 4.78 is 4.63. The maximum atomic E-state index is 13.2. The molecular formula is C28H20N4O5S. The van der Waals surface area contributed by atoms with Crippen LogP contribution in [-0.2, 0) is 14.3 Å². The molecule has 1 aliphatic rings. The first-order valence-corrected chi connectivity index (χ1v) is 12.2. The Bertz CT molecular complexity index is 1670. The number of nitrogens with zero attached hydrogens (tertiary/aromatic N) is 2. The Labute approximate surface area is 221 Å². The molecule has 0 atom stereocenters. The lowest BCUT2D eigenvalue weighted by Crippen LogP contribution is -2.46. The Kier molecular flexibility index (Phi) is 6.88. The summed E-state index contributed by atoms with van der Waals surface area (Å²) in [4.78, 5) is 51.1. The van der Waals surface area contributed by atoms with E-state index in [4.69, 9.17) is 0 Å². The van der Waals surface area contributed by atoms with E-state index in [-0.39, 0.29) is 10.1 Å². The van der Waals surface area contributed by atoms with Crippen LogP contribution in [0.1, 0.15) is 20.7 Å². The first-order chi connectivity index (χ1) is 18.5. The zero-order valence-corrected chi connectivity index (χ0v) is 20.8. The van der Waals surface area contributed by atoms with Crippen LogP contribution in [-0.4, -0.2) is 41.0 Å². The fourth-order valence-corrected chi connectivity index (χ4v) is 4.82. The second-order valence-corrected chi connectivity index (χ2v) is 9.11. The molecule has 3 amide bonds. The number of carbonyl (C=O) groups is 4. The lowest BCUT2D eigenvalue weighted by atomic mass is 10.0. The number of hydrazine groups is 1. The molecule has 1 aliphatic heterocycles. The molecule has 5 rings (SSSR count). The monoisotopic (exact) mass is 524 g/mol. The largest absolute Gasteiger partial charge is 0.466 e. The van der Waals surface area contributed by atoms with Crippen molar-refractivity contribution in [3.63, 3.8) is 0 Å². The van der Waals surface area contributed by atoms with Crippen LogP contribution in [0.2, 0.25) is 0 Å². The second-order valence-electron chi connectivity index (χ2n) is 8.10. The first-order valence-electron chi connectivity index (χ1n) is 11.4. The molecule has 2 N–H and O–H groups in total. The number of ether oxygens (including phenoxy) is 1. The van der Waals surface area contributed by atoms with Crippen LogP contribution in [0.4, 0.5) is 0 Å². The van der Waals surface area contributed by atoms with Crippen molar-refractivity contribution in [1.82, 2.24) is 15.9 Å². The van der Waals surface area contributed by atoms with Gasteiger partial charge in [0.05, 0.1) is 12.0 Å². The quantitative estimate of drug-likeness (QED) is 0.232. The molecule has 38 heavy (non-hydrogen) atoms. The van der Waals surface area contributed by atoms with Crippen molar-refractivity contribution < 1.29 is 23.9 Å². The minimum absolute atomic E-state index is 0.0340. The number of thioether (sulfide) groups is 1. The van der Waals surface area contributed by atoms with Crippen molar-refractivity contribution in [1.29, 1.82) is 0 Å². The van der Waals surface area contributed by atoms with Crippen LogP contribution in [0, 0.1) is 0 Å². The van der Waals surface area contributed by atoms with Gasteiger partial charge in [0.1, 0.15) is 0 Å². The molecule has 0 aliphatic carbocycles. The SMILES string of the molecule is COC(=O)/C=C1\S/C(=N\NC(=O)c2cccc3ccccc23)N(NC(=O)c2cccc3ccccc23)C1=O. The van der Waals surface area contributed by atoms with Crippen LogP contribution >= 0.6 is 11.8 Å². The number of amides is 3. The molecule has 0 radical (unpaired) electrons. The Morgan fingerprint density at radius 3 is 1.97 bits per heavy atom. The van der Waals surface area contributed by atoms with Gasteiger partial charge in [-0.3, -0.25) is 19.8 Å². The molecule has 0 bridgehead atoms. The average Bonchev–Trinajstić information content (AvgIpc) is 3.24. The molecular weight excluding hydrogens is 504 g/mol. The van der Waals surface area contributed by atoms with E-state index in [9.17, 15) is 19.2 Å². The predicted molar refractivity (Wildman–Crippen MR) is 145 cm³/mol. The van der Waals surface area contributed by atoms with Gasteiger partial charge in [-0.2, -0.15) is 5.01 Å². The number of nitrogens with one attached hydrogen (secondary N) is 2. The smallest absolute Gasteiger partial charge is 0.331 e. The highest BCUT2D eigenvalue weighted by molar-refractivity contribution is 8.18. The molecule has 1 heterocycles. The summed E-state index contributed by atoms with van der Waals surface area (Å²) >= 11 is 0.809. The molecule has 4 aromatic rings. The summed E-state index contributed by atoms with van der Waals surface area (Å²) in [5.41, 5.74) is 5.73. The predicted octanol–water partition coefficient (Wildman–Crippen LogP) is 3.97. The summed E-state index contributed by atoms with van der Waals surface area (Å²) in [6, 6.07) is 25.3. The van der Waals surface area contributed by atoms with Gasteiger partial charge < -0.3 is 4.74 Å². The molecule has 4 aromatic carbocycles. The van der Waals surface area contributed by atoms with Gasteiger partial charge in [0.2, 0.25) is 5.17 Å². The van der Waals surface area contributed by atoms with Gasteiger partial charge in [0, 0.05) is 17.2 Å². The third-order valence-corrected chi connectivity index (χ3v) is 6.76. The van der Waals surface area contributed by atoms with E-state index >= 15 is 0 Å². The molecule has 0 saturated carbocycles. The topological polar surface area (TPSA) is 117 Å². The van der Waals surface area contributed by atoms with Gasteiger partial charge >= 0.3 is 5.97 Å². The first kappa shape index (κ1) is 24.7. The fraction of sp³-hybridized carbons (Fsp3) is 0.0357. The number of amidine groups is 1. The normalized spacial score (nSPS) is 15.3. The molecule has 0 unspecified atom stereocenters. The van der Waals surface area contributed by atoms with Gasteiger partial charge in [0.25, 0.3) is 17.7 Å². The number of methoxy groups -OCH3 is 1. The maximum absolute atomic E-state index is 13.2. The Balaban J connectivity index is 1.45. The van der Waals surface area contributed by atoms with Crippen LogP contribution in [0.15, 0.2) is 101 Å². The minimum atomic E-state index is -0.748. The number of hydrogen-bond donors (Lipinski definition) is 2. The van der Waals surface area contributed by atoms with Gasteiger partial charge in [-0.1, -0.05) is 72.8 Å². The van der Waals surface area contributed by atoms with E-state index in [0.29, 0.717) is 16.5 Å². The zero-order valence-electron chi connectivity index (χ0n) is 20.0. The van der Waals surface area contributed by atoms with E-state index < -0.39 is 23.7 Å². The number of hydrogen-bond acceptors (Lipinski definition) is 7. The number of esters is 1. The average molecular weight is 525 g/mol. The molecule has 10 heteroatoms. The van der Waals surface area contributed by atoms with Crippen molar-refractivity contribution >= 4 is 62.2 Å². The molecule has 1 fully saturated rings. The zero-order chi connectivity index (χ0) is 26.6. The highest BCUT2D eigenvalue weighted by Gasteiger charge is 2.36. The van der Waals surface area contributed by atoms with Gasteiger partial charge in [-0.25, -0.2) is 10.2 Å². The van der Waals surface area contributed by atoms with E-state index in [2.05, 4.69) is 20.7 Å². The molecule has 1 saturated heterocycles. The lowest BCUT2D eigenvalue weighted by molar-refractivity contribution is -0.135. The molecule has 0 spiro atoms. The standard InChI is InChI=1S/C28H20N4O5S/c1-37-24(33)16-23-27(36)32(31-26(35)22-15-7-11-18-9-3-5-13-20(18)22)28(38-23)30-29-25(34)21-14-6-10-17-8-2-4-12-19(17)21/h2-16H,1H3,(H,29,34)(H,31,35)/b23-16-,30-28-. The van der Waals surface area contributed by atoms with Crippen LogP contribution in [0.3, 0.4) is 0 Å². The number of rotatable bonds is 5. The van der Waals surface area contributed by atoms with Gasteiger partial charge in [0.15, 0.2) is 0 Å². The van der Waals surface area contributed by atoms with Crippen molar-refractivity contribution in [2.45, 2.75) is 0 Å². The number of fused-ring (bicyclic) bond motifs is 2. The van der Waals surface area contributed by atoms with E-state index in [0.717, 1.165) is 39.0 Å². The second kappa shape index (κ2) is 10.6. The lowest BCUT2D eigenvalue weighted by Gasteiger charge is -2.17. The Morgan fingerprint density at radius 1 is 0.816 bits per heavy atom. The number of benzene rings is 4. The number of hydrazone groups is 1. The summed E-state index contributed by atoms with van der Waals surface area (Å²) in [7, 11) is 1.18. The molecule has 9 nitrogen and oxygen atoms in total. The third kappa shape index (κ3) is 4.84. The Morgan fingerprint density at radius 2 is 1.37 bits per heavy atom. The minimum Gasteiger partial charge on any atom is -0.466 e. The molecule has 0 aromatic heterocycles. The van der Waals surface area contributed by atoms with Crippen LogP contribution < -0.4 is 10.9 Å².